The molecule has 0 aromatic heterocycles. The molecule has 2 amide bonds. The smallest absolute Gasteiger partial charge is 0.257 e. The molecule has 0 rings (SSSR count). The summed E-state index contributed by atoms with van der Waals surface area (Å²) >= 11 is 0. The van der Waals surface area contributed by atoms with Crippen molar-refractivity contribution in [1.29, 1.82) is 0 Å². The predicted octanol–water partition coefficient (Wildman–Crippen LogP) is -1.18. The molecule has 74 valence electrons. The number of amides is 2. The molecule has 0 aliphatic heterocycles. The average molecular weight is 189 g/mol. The number of carbonyl (C=O) groups is 2. The predicted molar refractivity (Wildman–Crippen MR) is 43.3 cm³/mol. The number of likely N-dealkylation sites (N-methyl/N-ethyl adjacent to an activating group) is 1. The molecule has 0 saturated heterocycles. The number of imide groups is 1. The molecule has 0 atom stereocenters. The van der Waals surface area contributed by atoms with Crippen LogP contribution in [-0.2, 0) is 9.59 Å². The van der Waals surface area contributed by atoms with Crippen molar-refractivity contribution in [2.75, 3.05) is 20.3 Å². The lowest BCUT2D eigenvalue weighted by atomic mass is 10.5. The van der Waals surface area contributed by atoms with Gasteiger partial charge in [-0.3, -0.25) is 24.6 Å². The zero-order valence-electron chi connectivity index (χ0n) is 7.44. The van der Waals surface area contributed by atoms with Crippen LogP contribution in [0.1, 0.15) is 6.92 Å². The van der Waals surface area contributed by atoms with Crippen LogP contribution in [0, 0.1) is 10.1 Å². The molecule has 0 heterocycles. The molecule has 7 nitrogen and oxygen atoms in total. The lowest BCUT2D eigenvalue weighted by Crippen LogP contribution is -2.39. The summed E-state index contributed by atoms with van der Waals surface area (Å²) in [5.41, 5.74) is 0. The fraction of sp³-hybridized carbons (Fsp3) is 0.667. The number of nitro groups is 1. The SMILES string of the molecule is CC(=O)N(C)C(=O)CNC[N+](=O)[O-]. The molecule has 0 radical (unpaired) electrons. The molecule has 1 N–H and O–H groups in total. The second-order valence-electron chi connectivity index (χ2n) is 2.39. The van der Waals surface area contributed by atoms with Crippen LogP contribution in [0.25, 0.3) is 0 Å². The highest BCUT2D eigenvalue weighted by Gasteiger charge is 2.12. The Labute approximate surface area is 74.8 Å². The van der Waals surface area contributed by atoms with Crippen LogP contribution in [0.5, 0.6) is 0 Å². The minimum Gasteiger partial charge on any atom is -0.285 e. The summed E-state index contributed by atoms with van der Waals surface area (Å²) < 4.78 is 0. The second kappa shape index (κ2) is 5.20. The van der Waals surface area contributed by atoms with Crippen molar-refractivity contribution in [3.05, 3.63) is 10.1 Å². The fourth-order valence-corrected chi connectivity index (χ4v) is 0.548. The van der Waals surface area contributed by atoms with Crippen molar-refractivity contribution in [1.82, 2.24) is 10.2 Å². The average Bonchev–Trinajstić information content (AvgIpc) is 2.02. The van der Waals surface area contributed by atoms with E-state index in [1.165, 1.54) is 14.0 Å². The van der Waals surface area contributed by atoms with Gasteiger partial charge < -0.3 is 0 Å². The van der Waals surface area contributed by atoms with E-state index in [0.29, 0.717) is 0 Å². The normalized spacial score (nSPS) is 9.38. The van der Waals surface area contributed by atoms with Crippen molar-refractivity contribution in [3.8, 4) is 0 Å². The third kappa shape index (κ3) is 4.86. The summed E-state index contributed by atoms with van der Waals surface area (Å²) in [5, 5.41) is 12.1. The molecule has 13 heavy (non-hydrogen) atoms. The van der Waals surface area contributed by atoms with E-state index < -0.39 is 23.4 Å². The number of hydrogen-bond acceptors (Lipinski definition) is 5. The monoisotopic (exact) mass is 189 g/mol. The summed E-state index contributed by atoms with van der Waals surface area (Å²) in [6.07, 6.45) is 0. The molecule has 0 aliphatic carbocycles. The van der Waals surface area contributed by atoms with Crippen molar-refractivity contribution in [3.63, 3.8) is 0 Å². The number of rotatable bonds is 4. The summed E-state index contributed by atoms with van der Waals surface area (Å²) in [5.74, 6) is -0.887. The summed E-state index contributed by atoms with van der Waals surface area (Å²) in [7, 11) is 1.32. The van der Waals surface area contributed by atoms with Crippen LogP contribution in [0.15, 0.2) is 0 Å². The first-order valence-corrected chi connectivity index (χ1v) is 3.54. The van der Waals surface area contributed by atoms with Gasteiger partial charge in [0.25, 0.3) is 6.67 Å². The van der Waals surface area contributed by atoms with E-state index in [-0.39, 0.29) is 6.54 Å². The molecule has 0 fully saturated rings. The Morgan fingerprint density at radius 3 is 2.46 bits per heavy atom. The zero-order valence-corrected chi connectivity index (χ0v) is 7.44. The minimum atomic E-state index is -0.596. The minimum absolute atomic E-state index is 0.211. The van der Waals surface area contributed by atoms with Crippen LogP contribution in [0.4, 0.5) is 0 Å². The lowest BCUT2D eigenvalue weighted by Gasteiger charge is -2.11. The van der Waals surface area contributed by atoms with E-state index in [2.05, 4.69) is 5.32 Å². The van der Waals surface area contributed by atoms with E-state index in [1.807, 2.05) is 0 Å². The fourth-order valence-electron chi connectivity index (χ4n) is 0.548. The van der Waals surface area contributed by atoms with E-state index in [1.54, 1.807) is 0 Å². The Kier molecular flexibility index (Phi) is 4.60. The van der Waals surface area contributed by atoms with Crippen molar-refractivity contribution < 1.29 is 14.5 Å². The topological polar surface area (TPSA) is 92.6 Å². The highest BCUT2D eigenvalue weighted by atomic mass is 16.6. The molecular formula is C6H11N3O4. The molecule has 0 aromatic rings. The van der Waals surface area contributed by atoms with Crippen LogP contribution >= 0.6 is 0 Å². The van der Waals surface area contributed by atoms with Gasteiger partial charge in [-0.15, -0.1) is 0 Å². The Morgan fingerprint density at radius 1 is 1.54 bits per heavy atom. The van der Waals surface area contributed by atoms with Gasteiger partial charge in [0.1, 0.15) is 0 Å². The van der Waals surface area contributed by atoms with Gasteiger partial charge in [0.15, 0.2) is 0 Å². The second-order valence-corrected chi connectivity index (χ2v) is 2.39. The van der Waals surface area contributed by atoms with Gasteiger partial charge >= 0.3 is 0 Å². The zero-order chi connectivity index (χ0) is 10.4. The van der Waals surface area contributed by atoms with Crippen LogP contribution in [0.2, 0.25) is 0 Å². The van der Waals surface area contributed by atoms with Gasteiger partial charge in [-0.1, -0.05) is 0 Å². The molecule has 0 unspecified atom stereocenters. The van der Waals surface area contributed by atoms with Crippen LogP contribution in [-0.4, -0.2) is 41.9 Å². The number of nitrogens with zero attached hydrogens (tertiary/aromatic N) is 2. The van der Waals surface area contributed by atoms with Gasteiger partial charge in [-0.25, -0.2) is 5.32 Å². The first kappa shape index (κ1) is 11.5. The molecule has 0 spiro atoms. The highest BCUT2D eigenvalue weighted by molar-refractivity contribution is 5.94. The maximum Gasteiger partial charge on any atom is 0.257 e. The maximum atomic E-state index is 11.0. The standard InChI is InChI=1S/C6H11N3O4/c1-5(10)8(2)6(11)3-7-4-9(12)13/h7H,3-4H2,1-2H3. The third-order valence-corrected chi connectivity index (χ3v) is 1.36. The molecular weight excluding hydrogens is 178 g/mol. The van der Waals surface area contributed by atoms with Crippen molar-refractivity contribution >= 4 is 11.8 Å². The Morgan fingerprint density at radius 2 is 2.08 bits per heavy atom. The number of hydrogen-bond donors (Lipinski definition) is 1. The summed E-state index contributed by atoms with van der Waals surface area (Å²) in [6.45, 7) is 0.542. The van der Waals surface area contributed by atoms with E-state index in [0.717, 1.165) is 4.90 Å². The van der Waals surface area contributed by atoms with Gasteiger partial charge in [-0.05, 0) is 0 Å². The van der Waals surface area contributed by atoms with Crippen molar-refractivity contribution in [2.24, 2.45) is 0 Å². The van der Waals surface area contributed by atoms with Crippen LogP contribution < -0.4 is 5.32 Å². The maximum absolute atomic E-state index is 11.0. The first-order valence-electron chi connectivity index (χ1n) is 3.54. The Balaban J connectivity index is 3.75. The lowest BCUT2D eigenvalue weighted by molar-refractivity contribution is -0.485. The molecule has 7 heteroatoms. The van der Waals surface area contributed by atoms with Gasteiger partial charge in [0.05, 0.1) is 6.54 Å². The van der Waals surface area contributed by atoms with E-state index >= 15 is 0 Å². The highest BCUT2D eigenvalue weighted by Crippen LogP contribution is 1.83. The molecule has 0 bridgehead atoms. The Hall–Kier alpha value is -1.50. The first-order chi connectivity index (χ1) is 5.95. The third-order valence-electron chi connectivity index (χ3n) is 1.36. The van der Waals surface area contributed by atoms with E-state index in [9.17, 15) is 19.7 Å². The van der Waals surface area contributed by atoms with Gasteiger partial charge in [0, 0.05) is 18.9 Å². The Bertz CT molecular complexity index is 228. The molecule has 0 saturated carbocycles. The van der Waals surface area contributed by atoms with Crippen LogP contribution in [0.3, 0.4) is 0 Å². The summed E-state index contributed by atoms with van der Waals surface area (Å²) in [6, 6.07) is 0. The summed E-state index contributed by atoms with van der Waals surface area (Å²) in [4.78, 5) is 31.7. The van der Waals surface area contributed by atoms with Gasteiger partial charge in [0.2, 0.25) is 11.8 Å². The van der Waals surface area contributed by atoms with Gasteiger partial charge in [-0.2, -0.15) is 0 Å². The molecule has 0 aromatic carbocycles. The van der Waals surface area contributed by atoms with E-state index in [4.69, 9.17) is 0 Å². The number of nitrogens with one attached hydrogen (secondary N) is 1. The molecule has 0 aliphatic rings. The number of carbonyl (C=O) groups excluding carboxylic acids is 2. The largest absolute Gasteiger partial charge is 0.285 e. The quantitative estimate of drug-likeness (QED) is 0.341. The van der Waals surface area contributed by atoms with Crippen molar-refractivity contribution in [2.45, 2.75) is 6.92 Å².